The van der Waals surface area contributed by atoms with E-state index in [0.717, 1.165) is 34.4 Å². The molecule has 30 heavy (non-hydrogen) atoms. The molecule has 2 aromatic carbocycles. The maximum Gasteiger partial charge on any atom is 0.224 e. The molecule has 2 aliphatic rings. The van der Waals surface area contributed by atoms with Gasteiger partial charge in [0.25, 0.3) is 0 Å². The molecule has 2 unspecified atom stereocenters. The third-order valence-electron chi connectivity index (χ3n) is 6.07. The van der Waals surface area contributed by atoms with Crippen molar-refractivity contribution in [2.24, 2.45) is 5.92 Å². The number of nitrogens with zero attached hydrogens (tertiary/aromatic N) is 2. The van der Waals surface area contributed by atoms with E-state index in [-0.39, 0.29) is 23.5 Å². The molecule has 2 heterocycles. The average Bonchev–Trinajstić information content (AvgIpc) is 3.49. The van der Waals surface area contributed by atoms with Crippen molar-refractivity contribution in [1.82, 2.24) is 14.9 Å². The van der Waals surface area contributed by atoms with E-state index in [0.29, 0.717) is 31.0 Å². The van der Waals surface area contributed by atoms with E-state index in [9.17, 15) is 9.59 Å². The fraction of sp³-hybridized carbons (Fsp3) is 0.348. The fourth-order valence-electron chi connectivity index (χ4n) is 4.37. The Kier molecular flexibility index (Phi) is 4.46. The molecule has 0 spiro atoms. The largest absolute Gasteiger partial charge is 0.497 e. The number of methoxy groups -OCH3 is 2. The van der Waals surface area contributed by atoms with E-state index in [4.69, 9.17) is 14.5 Å². The molecule has 1 N–H and O–H groups in total. The van der Waals surface area contributed by atoms with Gasteiger partial charge in [-0.25, -0.2) is 4.98 Å². The second-order valence-corrected chi connectivity index (χ2v) is 7.81. The van der Waals surface area contributed by atoms with Crippen LogP contribution < -0.4 is 14.8 Å². The second-order valence-electron chi connectivity index (χ2n) is 7.81. The highest BCUT2D eigenvalue weighted by atomic mass is 16.5. The predicted octanol–water partition coefficient (Wildman–Crippen LogP) is 3.06. The number of carbonyl (C=O) groups excluding carboxylic acids is 2. The number of carbonyl (C=O) groups is 2. The summed E-state index contributed by atoms with van der Waals surface area (Å²) in [4.78, 5) is 29.8. The standard InChI is InChI=1S/C23H23N3O4/c1-29-14-7-6-13(20(10-14)30-2)12-24-23(28)17-11-16(17)22-25-18-5-3-4-15-19(27)8-9-26(22)21(15)18/h3-7,10,16-17H,8-9,11-12H2,1-2H3,(H,24,28). The van der Waals surface area contributed by atoms with Gasteiger partial charge < -0.3 is 19.4 Å². The van der Waals surface area contributed by atoms with Crippen LogP contribution in [0, 0.1) is 5.92 Å². The van der Waals surface area contributed by atoms with E-state index in [1.165, 1.54) is 0 Å². The highest BCUT2D eigenvalue weighted by Gasteiger charge is 2.47. The van der Waals surface area contributed by atoms with E-state index >= 15 is 0 Å². The predicted molar refractivity (Wildman–Crippen MR) is 111 cm³/mol. The number of aryl methyl sites for hydroxylation is 1. The lowest BCUT2D eigenvalue weighted by molar-refractivity contribution is -0.122. The summed E-state index contributed by atoms with van der Waals surface area (Å²) in [6.45, 7) is 1.03. The fourth-order valence-corrected chi connectivity index (χ4v) is 4.37. The van der Waals surface area contributed by atoms with Crippen LogP contribution in [0.15, 0.2) is 36.4 Å². The zero-order chi connectivity index (χ0) is 20.8. The van der Waals surface area contributed by atoms with Gasteiger partial charge in [0.1, 0.15) is 17.3 Å². The highest BCUT2D eigenvalue weighted by molar-refractivity contribution is 6.07. The van der Waals surface area contributed by atoms with Gasteiger partial charge in [-0.15, -0.1) is 0 Å². The van der Waals surface area contributed by atoms with Crippen LogP contribution in [-0.4, -0.2) is 35.5 Å². The molecule has 1 aromatic heterocycles. The summed E-state index contributed by atoms with van der Waals surface area (Å²) in [5, 5.41) is 3.03. The number of hydrogen-bond donors (Lipinski definition) is 1. The summed E-state index contributed by atoms with van der Waals surface area (Å²) in [5.74, 6) is 2.50. The number of para-hydroxylation sites is 1. The minimum absolute atomic E-state index is 0.0184. The van der Waals surface area contributed by atoms with Gasteiger partial charge in [-0.05, 0) is 30.7 Å². The van der Waals surface area contributed by atoms with E-state index in [1.54, 1.807) is 20.3 Å². The zero-order valence-corrected chi connectivity index (χ0v) is 17.0. The topological polar surface area (TPSA) is 82.5 Å². The molecule has 0 bridgehead atoms. The van der Waals surface area contributed by atoms with Gasteiger partial charge >= 0.3 is 0 Å². The molecule has 1 saturated carbocycles. The molecule has 1 aliphatic heterocycles. The summed E-state index contributed by atoms with van der Waals surface area (Å²) >= 11 is 0. The van der Waals surface area contributed by atoms with Gasteiger partial charge in [-0.1, -0.05) is 6.07 Å². The molecule has 7 nitrogen and oxygen atoms in total. The third-order valence-corrected chi connectivity index (χ3v) is 6.07. The minimum atomic E-state index is -0.0941. The number of amides is 1. The van der Waals surface area contributed by atoms with Crippen LogP contribution in [0.25, 0.3) is 11.0 Å². The first-order valence-electron chi connectivity index (χ1n) is 10.1. The molecular formula is C23H23N3O4. The number of nitrogens with one attached hydrogen (secondary N) is 1. The number of hydrogen-bond acceptors (Lipinski definition) is 5. The molecule has 5 rings (SSSR count). The molecule has 2 atom stereocenters. The molecular weight excluding hydrogens is 382 g/mol. The van der Waals surface area contributed by atoms with E-state index < -0.39 is 0 Å². The van der Waals surface area contributed by atoms with Crippen molar-refractivity contribution in [2.45, 2.75) is 31.8 Å². The highest BCUT2D eigenvalue weighted by Crippen LogP contribution is 2.48. The number of ketones is 1. The number of imidazole rings is 1. The number of rotatable bonds is 6. The Morgan fingerprint density at radius 1 is 1.23 bits per heavy atom. The number of ether oxygens (including phenoxy) is 2. The second kappa shape index (κ2) is 7.16. The van der Waals surface area contributed by atoms with Crippen molar-refractivity contribution < 1.29 is 19.1 Å². The lowest BCUT2D eigenvalue weighted by Crippen LogP contribution is -2.25. The zero-order valence-electron chi connectivity index (χ0n) is 17.0. The lowest BCUT2D eigenvalue weighted by atomic mass is 10.0. The van der Waals surface area contributed by atoms with Crippen LogP contribution in [0.1, 0.15) is 40.5 Å². The Labute approximate surface area is 174 Å². The summed E-state index contributed by atoms with van der Waals surface area (Å²) in [5.41, 5.74) is 3.39. The molecule has 154 valence electrons. The Bertz CT molecular complexity index is 1170. The Hall–Kier alpha value is -3.35. The maximum absolute atomic E-state index is 12.8. The van der Waals surface area contributed by atoms with Crippen LogP contribution in [0.3, 0.4) is 0 Å². The number of benzene rings is 2. The first kappa shape index (κ1) is 18.7. The van der Waals surface area contributed by atoms with Gasteiger partial charge in [0, 0.05) is 48.5 Å². The molecule has 1 amide bonds. The Balaban J connectivity index is 1.31. The van der Waals surface area contributed by atoms with Crippen LogP contribution in [0.4, 0.5) is 0 Å². The van der Waals surface area contributed by atoms with E-state index in [2.05, 4.69) is 9.88 Å². The molecule has 0 saturated heterocycles. The summed E-state index contributed by atoms with van der Waals surface area (Å²) in [7, 11) is 3.21. The van der Waals surface area contributed by atoms with Crippen molar-refractivity contribution >= 4 is 22.7 Å². The minimum Gasteiger partial charge on any atom is -0.497 e. The maximum atomic E-state index is 12.8. The van der Waals surface area contributed by atoms with Crippen molar-refractivity contribution in [3.63, 3.8) is 0 Å². The van der Waals surface area contributed by atoms with Crippen LogP contribution in [0.5, 0.6) is 11.5 Å². The van der Waals surface area contributed by atoms with Gasteiger partial charge in [0.05, 0.1) is 25.3 Å². The van der Waals surface area contributed by atoms with Crippen molar-refractivity contribution in [1.29, 1.82) is 0 Å². The van der Waals surface area contributed by atoms with Gasteiger partial charge in [0.2, 0.25) is 5.91 Å². The van der Waals surface area contributed by atoms with Crippen LogP contribution in [0.2, 0.25) is 0 Å². The van der Waals surface area contributed by atoms with Crippen LogP contribution in [-0.2, 0) is 17.9 Å². The Morgan fingerprint density at radius 2 is 2.10 bits per heavy atom. The quantitative estimate of drug-likeness (QED) is 0.682. The molecule has 1 fully saturated rings. The number of aromatic nitrogens is 2. The van der Waals surface area contributed by atoms with Gasteiger partial charge in [0.15, 0.2) is 5.78 Å². The number of Topliss-reactive ketones (excluding diaryl/α,β-unsaturated/α-hetero) is 1. The monoisotopic (exact) mass is 405 g/mol. The summed E-state index contributed by atoms with van der Waals surface area (Å²) in [6, 6.07) is 11.2. The lowest BCUT2D eigenvalue weighted by Gasteiger charge is -2.15. The SMILES string of the molecule is COc1ccc(CNC(=O)C2CC2c2nc3cccc4c3n2CCC4=O)c(OC)c1. The van der Waals surface area contributed by atoms with E-state index in [1.807, 2.05) is 30.3 Å². The average molecular weight is 405 g/mol. The third kappa shape index (κ3) is 3.01. The van der Waals surface area contributed by atoms with Gasteiger partial charge in [-0.3, -0.25) is 9.59 Å². The van der Waals surface area contributed by atoms with Crippen molar-refractivity contribution in [3.8, 4) is 11.5 Å². The summed E-state index contributed by atoms with van der Waals surface area (Å²) in [6.07, 6.45) is 1.26. The molecule has 7 heteroatoms. The van der Waals surface area contributed by atoms with Gasteiger partial charge in [-0.2, -0.15) is 0 Å². The smallest absolute Gasteiger partial charge is 0.224 e. The Morgan fingerprint density at radius 3 is 2.90 bits per heavy atom. The summed E-state index contributed by atoms with van der Waals surface area (Å²) < 4.78 is 12.8. The first-order valence-corrected chi connectivity index (χ1v) is 10.1. The van der Waals surface area contributed by atoms with Crippen molar-refractivity contribution in [2.75, 3.05) is 14.2 Å². The van der Waals surface area contributed by atoms with Crippen molar-refractivity contribution in [3.05, 3.63) is 53.3 Å². The van der Waals surface area contributed by atoms with Crippen LogP contribution >= 0.6 is 0 Å². The first-order chi connectivity index (χ1) is 14.6. The molecule has 1 aliphatic carbocycles. The molecule has 0 radical (unpaired) electrons. The normalized spacial score (nSPS) is 19.6. The molecule has 3 aromatic rings.